The van der Waals surface area contributed by atoms with Crippen LogP contribution in [-0.2, 0) is 4.79 Å². The SMILES string of the molecule is CC(=C1C(=O)N(C)c2ccc(NC(N)=O)cc21)c1ccc[nH]1. The monoisotopic (exact) mass is 296 g/mol. The summed E-state index contributed by atoms with van der Waals surface area (Å²) >= 11 is 0. The van der Waals surface area contributed by atoms with Crippen molar-refractivity contribution in [3.63, 3.8) is 0 Å². The number of benzene rings is 1. The number of hydrogen-bond acceptors (Lipinski definition) is 2. The van der Waals surface area contributed by atoms with Gasteiger partial charge in [-0.05, 0) is 42.8 Å². The lowest BCUT2D eigenvalue weighted by atomic mass is 9.99. The molecule has 1 aliphatic heterocycles. The van der Waals surface area contributed by atoms with E-state index in [2.05, 4.69) is 10.3 Å². The average Bonchev–Trinajstić information content (AvgIpc) is 3.07. The van der Waals surface area contributed by atoms with E-state index < -0.39 is 6.03 Å². The highest BCUT2D eigenvalue weighted by molar-refractivity contribution is 6.37. The Hall–Kier alpha value is -3.02. The van der Waals surface area contributed by atoms with Gasteiger partial charge in [-0.25, -0.2) is 4.79 Å². The van der Waals surface area contributed by atoms with Crippen molar-refractivity contribution in [1.82, 2.24) is 4.98 Å². The molecule has 0 aliphatic carbocycles. The van der Waals surface area contributed by atoms with Crippen molar-refractivity contribution < 1.29 is 9.59 Å². The molecule has 22 heavy (non-hydrogen) atoms. The molecular formula is C16H16N4O2. The highest BCUT2D eigenvalue weighted by Crippen LogP contribution is 2.40. The van der Waals surface area contributed by atoms with Gasteiger partial charge in [-0.1, -0.05) is 0 Å². The van der Waals surface area contributed by atoms with Gasteiger partial charge in [0.1, 0.15) is 0 Å². The van der Waals surface area contributed by atoms with Gasteiger partial charge in [0.2, 0.25) is 0 Å². The molecular weight excluding hydrogens is 280 g/mol. The number of allylic oxidation sites excluding steroid dienone is 1. The number of fused-ring (bicyclic) bond motifs is 1. The summed E-state index contributed by atoms with van der Waals surface area (Å²) in [5, 5.41) is 2.54. The zero-order valence-electron chi connectivity index (χ0n) is 12.3. The molecule has 4 N–H and O–H groups in total. The number of urea groups is 1. The quantitative estimate of drug-likeness (QED) is 0.743. The van der Waals surface area contributed by atoms with Crippen molar-refractivity contribution >= 4 is 34.5 Å². The van der Waals surface area contributed by atoms with E-state index in [-0.39, 0.29) is 5.91 Å². The molecule has 3 amide bonds. The van der Waals surface area contributed by atoms with Crippen molar-refractivity contribution in [2.75, 3.05) is 17.3 Å². The number of rotatable bonds is 2. The maximum absolute atomic E-state index is 12.6. The van der Waals surface area contributed by atoms with E-state index in [1.807, 2.05) is 25.3 Å². The number of likely N-dealkylation sites (N-methyl/N-ethyl adjacent to an activating group) is 1. The molecule has 1 aliphatic rings. The van der Waals surface area contributed by atoms with E-state index in [4.69, 9.17) is 5.73 Å². The first-order valence-electron chi connectivity index (χ1n) is 6.82. The molecule has 0 atom stereocenters. The van der Waals surface area contributed by atoms with Crippen LogP contribution in [0, 0.1) is 0 Å². The lowest BCUT2D eigenvalue weighted by Gasteiger charge is -2.09. The van der Waals surface area contributed by atoms with Crippen LogP contribution in [0.15, 0.2) is 36.5 Å². The van der Waals surface area contributed by atoms with E-state index >= 15 is 0 Å². The number of nitrogens with zero attached hydrogens (tertiary/aromatic N) is 1. The number of carbonyl (C=O) groups is 2. The lowest BCUT2D eigenvalue weighted by molar-refractivity contribution is -0.112. The molecule has 1 aromatic carbocycles. The van der Waals surface area contributed by atoms with Crippen molar-refractivity contribution in [3.8, 4) is 0 Å². The smallest absolute Gasteiger partial charge is 0.316 e. The molecule has 0 unspecified atom stereocenters. The maximum Gasteiger partial charge on any atom is 0.316 e. The number of anilines is 2. The second kappa shape index (κ2) is 5.07. The van der Waals surface area contributed by atoms with E-state index in [0.29, 0.717) is 11.3 Å². The zero-order chi connectivity index (χ0) is 15.9. The van der Waals surface area contributed by atoms with Crippen LogP contribution in [0.25, 0.3) is 11.1 Å². The summed E-state index contributed by atoms with van der Waals surface area (Å²) < 4.78 is 0. The van der Waals surface area contributed by atoms with Crippen LogP contribution in [0.4, 0.5) is 16.2 Å². The summed E-state index contributed by atoms with van der Waals surface area (Å²) in [6.45, 7) is 1.90. The lowest BCUT2D eigenvalue weighted by Crippen LogP contribution is -2.20. The number of aromatic amines is 1. The molecule has 2 aromatic rings. The minimum absolute atomic E-state index is 0.0710. The topological polar surface area (TPSA) is 91.2 Å². The maximum atomic E-state index is 12.6. The van der Waals surface area contributed by atoms with Gasteiger partial charge in [0.05, 0.1) is 11.3 Å². The summed E-state index contributed by atoms with van der Waals surface area (Å²) in [6, 6.07) is 8.45. The van der Waals surface area contributed by atoms with Crippen LogP contribution >= 0.6 is 0 Å². The fraction of sp³-hybridized carbons (Fsp3) is 0.125. The Balaban J connectivity index is 2.17. The van der Waals surface area contributed by atoms with Gasteiger partial charge in [0.25, 0.3) is 5.91 Å². The Morgan fingerprint density at radius 3 is 2.73 bits per heavy atom. The number of amides is 3. The molecule has 0 fully saturated rings. The van der Waals surface area contributed by atoms with Crippen molar-refractivity contribution in [1.29, 1.82) is 0 Å². The van der Waals surface area contributed by atoms with Gasteiger partial charge < -0.3 is 20.9 Å². The predicted octanol–water partition coefficient (Wildman–Crippen LogP) is 2.41. The van der Waals surface area contributed by atoms with Crippen molar-refractivity contribution in [2.24, 2.45) is 5.73 Å². The third-order valence-corrected chi connectivity index (χ3v) is 3.79. The third kappa shape index (κ3) is 2.14. The second-order valence-corrected chi connectivity index (χ2v) is 5.17. The molecule has 6 nitrogen and oxygen atoms in total. The number of H-pyrrole nitrogens is 1. The van der Waals surface area contributed by atoms with Crippen LogP contribution in [-0.4, -0.2) is 24.0 Å². The third-order valence-electron chi connectivity index (χ3n) is 3.79. The normalized spacial score (nSPS) is 15.7. The van der Waals surface area contributed by atoms with Gasteiger partial charge >= 0.3 is 6.03 Å². The molecule has 3 rings (SSSR count). The fourth-order valence-electron chi connectivity index (χ4n) is 2.70. The van der Waals surface area contributed by atoms with Gasteiger partial charge in [-0.3, -0.25) is 4.79 Å². The van der Waals surface area contributed by atoms with Gasteiger partial charge in [-0.2, -0.15) is 0 Å². The fourth-order valence-corrected chi connectivity index (χ4v) is 2.70. The van der Waals surface area contributed by atoms with Crippen LogP contribution in [0.2, 0.25) is 0 Å². The summed E-state index contributed by atoms with van der Waals surface area (Å²) in [5.74, 6) is -0.0710. The van der Waals surface area contributed by atoms with Gasteiger partial charge in [0, 0.05) is 30.2 Å². The summed E-state index contributed by atoms with van der Waals surface area (Å²) in [4.78, 5) is 28.3. The Bertz CT molecular complexity index is 790. The minimum atomic E-state index is -0.635. The van der Waals surface area contributed by atoms with Gasteiger partial charge in [0.15, 0.2) is 0 Å². The van der Waals surface area contributed by atoms with E-state index in [0.717, 1.165) is 22.5 Å². The number of carbonyl (C=O) groups excluding carboxylic acids is 2. The largest absolute Gasteiger partial charge is 0.361 e. The minimum Gasteiger partial charge on any atom is -0.361 e. The Morgan fingerprint density at radius 1 is 1.32 bits per heavy atom. The van der Waals surface area contributed by atoms with Crippen molar-refractivity contribution in [2.45, 2.75) is 6.92 Å². The zero-order valence-corrected chi connectivity index (χ0v) is 12.3. The average molecular weight is 296 g/mol. The van der Waals surface area contributed by atoms with E-state index in [1.54, 1.807) is 30.1 Å². The standard InChI is InChI=1S/C16H16N4O2/c1-9(12-4-3-7-18-12)14-11-8-10(19-16(17)22)5-6-13(11)20(2)15(14)21/h3-8,18H,1-2H3,(H3,17,19,22). The first-order valence-corrected chi connectivity index (χ1v) is 6.82. The summed E-state index contributed by atoms with van der Waals surface area (Å²) in [5.41, 5.74) is 9.67. The Morgan fingerprint density at radius 2 is 2.09 bits per heavy atom. The van der Waals surface area contributed by atoms with E-state index in [9.17, 15) is 9.59 Å². The number of hydrogen-bond donors (Lipinski definition) is 3. The summed E-state index contributed by atoms with van der Waals surface area (Å²) in [7, 11) is 1.73. The first kappa shape index (κ1) is 13.9. The molecule has 0 bridgehead atoms. The highest BCUT2D eigenvalue weighted by atomic mass is 16.2. The first-order chi connectivity index (χ1) is 10.5. The number of primary amides is 1. The molecule has 0 radical (unpaired) electrons. The van der Waals surface area contributed by atoms with Crippen LogP contribution in [0.3, 0.4) is 0 Å². The molecule has 2 heterocycles. The number of aromatic nitrogens is 1. The number of nitrogens with two attached hydrogens (primary N) is 1. The van der Waals surface area contributed by atoms with Crippen LogP contribution < -0.4 is 16.0 Å². The van der Waals surface area contributed by atoms with Crippen molar-refractivity contribution in [3.05, 3.63) is 47.8 Å². The number of nitrogens with one attached hydrogen (secondary N) is 2. The molecule has 0 saturated carbocycles. The van der Waals surface area contributed by atoms with Gasteiger partial charge in [-0.15, -0.1) is 0 Å². The highest BCUT2D eigenvalue weighted by Gasteiger charge is 2.32. The van der Waals surface area contributed by atoms with Crippen LogP contribution in [0.1, 0.15) is 18.2 Å². The summed E-state index contributed by atoms with van der Waals surface area (Å²) in [6.07, 6.45) is 1.81. The van der Waals surface area contributed by atoms with Crippen LogP contribution in [0.5, 0.6) is 0 Å². The van der Waals surface area contributed by atoms with E-state index in [1.165, 1.54) is 0 Å². The Kier molecular flexibility index (Phi) is 3.21. The molecule has 112 valence electrons. The second-order valence-electron chi connectivity index (χ2n) is 5.17. The molecule has 0 spiro atoms. The predicted molar refractivity (Wildman–Crippen MR) is 86.3 cm³/mol. The Labute approximate surface area is 127 Å². The molecule has 0 saturated heterocycles. The molecule has 6 heteroatoms. The molecule has 1 aromatic heterocycles.